The zero-order valence-corrected chi connectivity index (χ0v) is 13.6. The molecule has 128 valence electrons. The maximum absolute atomic E-state index is 12.8. The van der Waals surface area contributed by atoms with Gasteiger partial charge in [-0.25, -0.2) is 4.79 Å². The Morgan fingerprint density at radius 1 is 1.00 bits per heavy atom. The highest BCUT2D eigenvalue weighted by molar-refractivity contribution is 5.90. The lowest BCUT2D eigenvalue weighted by molar-refractivity contribution is -0.137. The third-order valence-electron chi connectivity index (χ3n) is 3.21. The highest BCUT2D eigenvalue weighted by atomic mass is 19.4. The number of carbonyl (C=O) groups is 1. The molecule has 0 atom stereocenters. The lowest BCUT2D eigenvalue weighted by Gasteiger charge is -2.19. The molecule has 0 heterocycles. The fourth-order valence-electron chi connectivity index (χ4n) is 2.11. The van der Waals surface area contributed by atoms with Crippen LogP contribution in [0, 0.1) is 0 Å². The van der Waals surface area contributed by atoms with E-state index in [4.69, 9.17) is 10.5 Å². The highest BCUT2D eigenvalue weighted by Crippen LogP contribution is 2.35. The summed E-state index contributed by atoms with van der Waals surface area (Å²) >= 11 is 0. The summed E-state index contributed by atoms with van der Waals surface area (Å²) in [5, 5.41) is 0. The van der Waals surface area contributed by atoms with Crippen LogP contribution in [0.2, 0.25) is 0 Å². The first-order valence-corrected chi connectivity index (χ1v) is 7.28. The van der Waals surface area contributed by atoms with Crippen LogP contribution in [-0.4, -0.2) is 11.6 Å². The van der Waals surface area contributed by atoms with Gasteiger partial charge in [-0.1, -0.05) is 12.1 Å². The van der Waals surface area contributed by atoms with Crippen molar-refractivity contribution in [2.24, 2.45) is 0 Å². The summed E-state index contributed by atoms with van der Waals surface area (Å²) in [5.41, 5.74) is 5.69. The molecule has 6 heteroatoms. The first kappa shape index (κ1) is 17.8. The summed E-state index contributed by atoms with van der Waals surface area (Å²) < 4.78 is 43.8. The van der Waals surface area contributed by atoms with Gasteiger partial charge in [-0.2, -0.15) is 13.2 Å². The largest absolute Gasteiger partial charge is 0.456 e. The average Bonchev–Trinajstić information content (AvgIpc) is 2.45. The Kier molecular flexibility index (Phi) is 4.60. The first-order valence-electron chi connectivity index (χ1n) is 7.28. The monoisotopic (exact) mass is 337 g/mol. The van der Waals surface area contributed by atoms with Crippen LogP contribution in [0.4, 0.5) is 18.9 Å². The molecule has 2 N–H and O–H groups in total. The van der Waals surface area contributed by atoms with Gasteiger partial charge in [-0.15, -0.1) is 0 Å². The Bertz CT molecular complexity index is 744. The molecule has 0 bridgehead atoms. The molecule has 0 unspecified atom stereocenters. The summed E-state index contributed by atoms with van der Waals surface area (Å²) in [6.45, 7) is 5.26. The number of nitrogen functional groups attached to an aromatic ring is 1. The number of hydrogen-bond donors (Lipinski definition) is 1. The van der Waals surface area contributed by atoms with Crippen LogP contribution >= 0.6 is 0 Å². The molecule has 0 radical (unpaired) electrons. The van der Waals surface area contributed by atoms with Gasteiger partial charge in [0.1, 0.15) is 5.60 Å². The second-order valence-corrected chi connectivity index (χ2v) is 6.38. The number of esters is 1. The summed E-state index contributed by atoms with van der Waals surface area (Å²) in [6, 6.07) is 9.26. The molecule has 0 spiro atoms. The minimum absolute atomic E-state index is 0.230. The number of carbonyl (C=O) groups excluding carboxylic acids is 1. The van der Waals surface area contributed by atoms with E-state index in [0.29, 0.717) is 11.1 Å². The van der Waals surface area contributed by atoms with Crippen LogP contribution in [0.3, 0.4) is 0 Å². The van der Waals surface area contributed by atoms with Crippen LogP contribution in [0.25, 0.3) is 11.1 Å². The molecule has 0 saturated carbocycles. The predicted octanol–water partition coefficient (Wildman–Crippen LogP) is 4.91. The third-order valence-corrected chi connectivity index (χ3v) is 3.21. The molecule has 2 aromatic carbocycles. The zero-order chi connectivity index (χ0) is 18.1. The number of alkyl halides is 3. The fraction of sp³-hybridized carbons (Fsp3) is 0.278. The number of halogens is 3. The minimum atomic E-state index is -4.45. The summed E-state index contributed by atoms with van der Waals surface area (Å²) in [4.78, 5) is 12.0. The molecule has 0 amide bonds. The van der Waals surface area contributed by atoms with E-state index in [-0.39, 0.29) is 11.3 Å². The molecule has 2 aromatic rings. The van der Waals surface area contributed by atoms with Gasteiger partial charge in [0.15, 0.2) is 0 Å². The standard InChI is InChI=1S/C18H18F3NO2/c1-17(2,3)24-16(23)12-6-4-11(5-7-12)14-10-13(18(19,20)21)8-9-15(14)22/h4-10H,22H2,1-3H3. The van der Waals surface area contributed by atoms with Gasteiger partial charge in [-0.05, 0) is 56.7 Å². The number of hydrogen-bond acceptors (Lipinski definition) is 3. The summed E-state index contributed by atoms with van der Waals surface area (Å²) in [6.07, 6.45) is -4.45. The molecule has 0 aromatic heterocycles. The molecule has 0 aliphatic carbocycles. The van der Waals surface area contributed by atoms with E-state index in [2.05, 4.69) is 0 Å². The van der Waals surface area contributed by atoms with Crippen LogP contribution in [0.15, 0.2) is 42.5 Å². The van der Waals surface area contributed by atoms with Gasteiger partial charge in [0.05, 0.1) is 11.1 Å². The second kappa shape index (κ2) is 6.19. The molecule has 0 saturated heterocycles. The minimum Gasteiger partial charge on any atom is -0.456 e. The lowest BCUT2D eigenvalue weighted by Crippen LogP contribution is -2.23. The van der Waals surface area contributed by atoms with Crippen molar-refractivity contribution < 1.29 is 22.7 Å². The fourth-order valence-corrected chi connectivity index (χ4v) is 2.11. The molecule has 0 aliphatic rings. The Hall–Kier alpha value is -2.50. The van der Waals surface area contributed by atoms with E-state index in [0.717, 1.165) is 12.1 Å². The lowest BCUT2D eigenvalue weighted by atomic mass is 9.99. The van der Waals surface area contributed by atoms with Gasteiger partial charge in [0.25, 0.3) is 0 Å². The molecule has 0 aliphatic heterocycles. The van der Waals surface area contributed by atoms with Gasteiger partial charge < -0.3 is 10.5 Å². The number of ether oxygens (including phenoxy) is 1. The van der Waals surface area contributed by atoms with Crippen molar-refractivity contribution in [1.29, 1.82) is 0 Å². The molecular weight excluding hydrogens is 319 g/mol. The summed E-state index contributed by atoms with van der Waals surface area (Å²) in [7, 11) is 0. The molecular formula is C18H18F3NO2. The highest BCUT2D eigenvalue weighted by Gasteiger charge is 2.31. The topological polar surface area (TPSA) is 52.3 Å². The maximum Gasteiger partial charge on any atom is 0.416 e. The SMILES string of the molecule is CC(C)(C)OC(=O)c1ccc(-c2cc(C(F)(F)F)ccc2N)cc1. The van der Waals surface area contributed by atoms with E-state index in [9.17, 15) is 18.0 Å². The number of nitrogens with two attached hydrogens (primary N) is 1. The molecule has 24 heavy (non-hydrogen) atoms. The molecule has 0 fully saturated rings. The van der Waals surface area contributed by atoms with E-state index in [1.807, 2.05) is 0 Å². The quantitative estimate of drug-likeness (QED) is 0.626. The van der Waals surface area contributed by atoms with E-state index < -0.39 is 23.3 Å². The van der Waals surface area contributed by atoms with Gasteiger partial charge >= 0.3 is 12.1 Å². The van der Waals surface area contributed by atoms with Crippen molar-refractivity contribution in [2.45, 2.75) is 32.5 Å². The third kappa shape index (κ3) is 4.28. The number of rotatable bonds is 2. The van der Waals surface area contributed by atoms with Crippen molar-refractivity contribution >= 4 is 11.7 Å². The predicted molar refractivity (Wildman–Crippen MR) is 86.5 cm³/mol. The van der Waals surface area contributed by atoms with E-state index >= 15 is 0 Å². The van der Waals surface area contributed by atoms with Crippen LogP contribution in [0.1, 0.15) is 36.7 Å². The maximum atomic E-state index is 12.8. The van der Waals surface area contributed by atoms with E-state index in [1.54, 1.807) is 32.9 Å². The van der Waals surface area contributed by atoms with Crippen molar-refractivity contribution in [1.82, 2.24) is 0 Å². The van der Waals surface area contributed by atoms with Crippen LogP contribution in [0.5, 0.6) is 0 Å². The normalized spacial score (nSPS) is 12.1. The van der Waals surface area contributed by atoms with Gasteiger partial charge in [-0.3, -0.25) is 0 Å². The van der Waals surface area contributed by atoms with Crippen molar-refractivity contribution in [3.05, 3.63) is 53.6 Å². The van der Waals surface area contributed by atoms with Gasteiger partial charge in [0.2, 0.25) is 0 Å². The second-order valence-electron chi connectivity index (χ2n) is 6.38. The first-order chi connectivity index (χ1) is 11.0. The van der Waals surface area contributed by atoms with Crippen LogP contribution < -0.4 is 5.73 Å². The smallest absolute Gasteiger partial charge is 0.416 e. The van der Waals surface area contributed by atoms with Crippen molar-refractivity contribution in [2.75, 3.05) is 5.73 Å². The van der Waals surface area contributed by atoms with Crippen molar-refractivity contribution in [3.63, 3.8) is 0 Å². The zero-order valence-electron chi connectivity index (χ0n) is 13.6. The Labute approximate surface area is 138 Å². The Morgan fingerprint density at radius 2 is 1.58 bits per heavy atom. The van der Waals surface area contributed by atoms with Crippen LogP contribution in [-0.2, 0) is 10.9 Å². The van der Waals surface area contributed by atoms with Gasteiger partial charge in [0, 0.05) is 11.3 Å². The average molecular weight is 337 g/mol. The molecule has 2 rings (SSSR count). The van der Waals surface area contributed by atoms with E-state index in [1.165, 1.54) is 18.2 Å². The van der Waals surface area contributed by atoms with Crippen molar-refractivity contribution in [3.8, 4) is 11.1 Å². The summed E-state index contributed by atoms with van der Waals surface area (Å²) in [5.74, 6) is -0.494. The number of anilines is 1. The Morgan fingerprint density at radius 3 is 2.08 bits per heavy atom. The Balaban J connectivity index is 2.33. The number of benzene rings is 2. The molecule has 3 nitrogen and oxygen atoms in total.